The highest BCUT2D eigenvalue weighted by Gasteiger charge is 2.15. The molecule has 0 spiro atoms. The average Bonchev–Trinajstić information content (AvgIpc) is 2.85. The van der Waals surface area contributed by atoms with Crippen molar-refractivity contribution >= 4 is 22.7 Å². The number of aromatic nitrogens is 1. The van der Waals surface area contributed by atoms with Crippen molar-refractivity contribution in [1.82, 2.24) is 4.98 Å². The van der Waals surface area contributed by atoms with Gasteiger partial charge < -0.3 is 15.9 Å². The summed E-state index contributed by atoms with van der Waals surface area (Å²) in [5.41, 5.74) is 13.5. The molecular formula is C14H11N3O2. The molecule has 1 aromatic heterocycles. The first-order chi connectivity index (χ1) is 9.16. The van der Waals surface area contributed by atoms with Gasteiger partial charge in [-0.1, -0.05) is 18.2 Å². The number of fused-ring (bicyclic) bond motifs is 1. The van der Waals surface area contributed by atoms with E-state index in [-0.39, 0.29) is 11.3 Å². The van der Waals surface area contributed by atoms with Crippen LogP contribution in [-0.4, -0.2) is 10.9 Å². The Hall–Kier alpha value is -2.82. The molecule has 0 radical (unpaired) electrons. The Morgan fingerprint density at radius 1 is 1.11 bits per heavy atom. The molecule has 19 heavy (non-hydrogen) atoms. The van der Waals surface area contributed by atoms with Crippen molar-refractivity contribution in [2.75, 3.05) is 5.73 Å². The first-order valence-electron chi connectivity index (χ1n) is 5.71. The molecule has 5 nitrogen and oxygen atoms in total. The summed E-state index contributed by atoms with van der Waals surface area (Å²) in [6.45, 7) is 0. The average molecular weight is 253 g/mol. The number of oxazole rings is 1. The molecule has 0 aliphatic rings. The van der Waals surface area contributed by atoms with Crippen LogP contribution >= 0.6 is 0 Å². The Morgan fingerprint density at radius 2 is 1.84 bits per heavy atom. The van der Waals surface area contributed by atoms with Crippen molar-refractivity contribution < 1.29 is 9.21 Å². The number of anilines is 1. The zero-order valence-electron chi connectivity index (χ0n) is 9.96. The standard InChI is InChI=1S/C14H11N3O2/c15-11-9(13(16)18)6-7-10-12(11)17-14(19-10)8-4-2-1-3-5-8/h1-7H,15H2,(H2,16,18). The molecular weight excluding hydrogens is 242 g/mol. The molecule has 0 saturated carbocycles. The molecule has 0 aliphatic heterocycles. The summed E-state index contributed by atoms with van der Waals surface area (Å²) in [5.74, 6) is -0.118. The highest BCUT2D eigenvalue weighted by molar-refractivity contribution is 6.05. The van der Waals surface area contributed by atoms with E-state index in [0.29, 0.717) is 17.0 Å². The highest BCUT2D eigenvalue weighted by Crippen LogP contribution is 2.29. The van der Waals surface area contributed by atoms with Gasteiger partial charge in [0.05, 0.1) is 11.3 Å². The monoisotopic (exact) mass is 253 g/mol. The summed E-state index contributed by atoms with van der Waals surface area (Å²) < 4.78 is 5.63. The van der Waals surface area contributed by atoms with Crippen LogP contribution in [0.2, 0.25) is 0 Å². The Kier molecular flexibility index (Phi) is 2.45. The van der Waals surface area contributed by atoms with Gasteiger partial charge in [-0.3, -0.25) is 4.79 Å². The van der Waals surface area contributed by atoms with Crippen LogP contribution in [0.3, 0.4) is 0 Å². The number of nitrogen functional groups attached to an aromatic ring is 1. The third-order valence-corrected chi connectivity index (χ3v) is 2.89. The highest BCUT2D eigenvalue weighted by atomic mass is 16.3. The van der Waals surface area contributed by atoms with Crippen LogP contribution in [0.15, 0.2) is 46.9 Å². The molecule has 1 heterocycles. The molecule has 94 valence electrons. The Bertz CT molecular complexity index is 763. The van der Waals surface area contributed by atoms with Gasteiger partial charge in [-0.25, -0.2) is 4.98 Å². The first kappa shape index (κ1) is 11.3. The van der Waals surface area contributed by atoms with Gasteiger partial charge in [-0.05, 0) is 24.3 Å². The molecule has 2 aromatic carbocycles. The Labute approximate surface area is 108 Å². The van der Waals surface area contributed by atoms with Crippen molar-refractivity contribution in [3.8, 4) is 11.5 Å². The predicted molar refractivity (Wildman–Crippen MR) is 72.4 cm³/mol. The van der Waals surface area contributed by atoms with Gasteiger partial charge in [0.25, 0.3) is 5.91 Å². The largest absolute Gasteiger partial charge is 0.436 e. The van der Waals surface area contributed by atoms with E-state index in [4.69, 9.17) is 15.9 Å². The van der Waals surface area contributed by atoms with Crippen molar-refractivity contribution in [3.63, 3.8) is 0 Å². The van der Waals surface area contributed by atoms with Crippen LogP contribution in [0.5, 0.6) is 0 Å². The minimum absolute atomic E-state index is 0.246. The van der Waals surface area contributed by atoms with Gasteiger partial charge in [-0.15, -0.1) is 0 Å². The summed E-state index contributed by atoms with van der Waals surface area (Å²) in [5, 5.41) is 0. The molecule has 0 fully saturated rings. The smallest absolute Gasteiger partial charge is 0.250 e. The number of primary amides is 1. The second kappa shape index (κ2) is 4.13. The molecule has 0 saturated heterocycles. The summed E-state index contributed by atoms with van der Waals surface area (Å²) in [6.07, 6.45) is 0. The minimum Gasteiger partial charge on any atom is -0.436 e. The van der Waals surface area contributed by atoms with Gasteiger partial charge in [0.1, 0.15) is 5.52 Å². The predicted octanol–water partition coefficient (Wildman–Crippen LogP) is 2.18. The van der Waals surface area contributed by atoms with Crippen LogP contribution < -0.4 is 11.5 Å². The van der Waals surface area contributed by atoms with E-state index >= 15 is 0 Å². The number of carbonyl (C=O) groups is 1. The van der Waals surface area contributed by atoms with Crippen LogP contribution in [0.25, 0.3) is 22.6 Å². The quantitative estimate of drug-likeness (QED) is 0.684. The van der Waals surface area contributed by atoms with Crippen molar-refractivity contribution in [2.24, 2.45) is 5.73 Å². The van der Waals surface area contributed by atoms with Crippen molar-refractivity contribution in [2.45, 2.75) is 0 Å². The molecule has 1 amide bonds. The maximum absolute atomic E-state index is 11.2. The zero-order valence-corrected chi connectivity index (χ0v) is 9.96. The topological polar surface area (TPSA) is 95.1 Å². The van der Waals surface area contributed by atoms with E-state index in [1.165, 1.54) is 0 Å². The molecule has 3 aromatic rings. The lowest BCUT2D eigenvalue weighted by molar-refractivity contribution is 0.100. The number of amides is 1. The molecule has 0 unspecified atom stereocenters. The Morgan fingerprint density at radius 3 is 2.53 bits per heavy atom. The van der Waals surface area contributed by atoms with Gasteiger partial charge in [0.15, 0.2) is 5.58 Å². The second-order valence-electron chi connectivity index (χ2n) is 4.12. The summed E-state index contributed by atoms with van der Waals surface area (Å²) in [4.78, 5) is 15.6. The molecule has 0 bridgehead atoms. The molecule has 0 aliphatic carbocycles. The molecule has 5 heteroatoms. The normalized spacial score (nSPS) is 10.7. The van der Waals surface area contributed by atoms with Gasteiger partial charge >= 0.3 is 0 Å². The molecule has 4 N–H and O–H groups in total. The van der Waals surface area contributed by atoms with Gasteiger partial charge in [0.2, 0.25) is 5.89 Å². The lowest BCUT2D eigenvalue weighted by atomic mass is 10.1. The second-order valence-corrected chi connectivity index (χ2v) is 4.12. The van der Waals surface area contributed by atoms with E-state index in [1.54, 1.807) is 12.1 Å². The summed E-state index contributed by atoms with van der Waals surface area (Å²) in [6, 6.07) is 12.6. The van der Waals surface area contributed by atoms with E-state index in [9.17, 15) is 4.79 Å². The molecule has 3 rings (SSSR count). The number of benzene rings is 2. The number of hydrogen-bond acceptors (Lipinski definition) is 4. The fraction of sp³-hybridized carbons (Fsp3) is 0. The van der Waals surface area contributed by atoms with E-state index in [0.717, 1.165) is 5.56 Å². The SMILES string of the molecule is NC(=O)c1ccc2oc(-c3ccccc3)nc2c1N. The van der Waals surface area contributed by atoms with Crippen LogP contribution in [0.4, 0.5) is 5.69 Å². The summed E-state index contributed by atoms with van der Waals surface area (Å²) >= 11 is 0. The summed E-state index contributed by atoms with van der Waals surface area (Å²) in [7, 11) is 0. The van der Waals surface area contributed by atoms with Crippen molar-refractivity contribution in [3.05, 3.63) is 48.0 Å². The third-order valence-electron chi connectivity index (χ3n) is 2.89. The van der Waals surface area contributed by atoms with Gasteiger partial charge in [0, 0.05) is 5.56 Å². The number of hydrogen-bond donors (Lipinski definition) is 2. The Balaban J connectivity index is 2.22. The number of carbonyl (C=O) groups excluding carboxylic acids is 1. The van der Waals surface area contributed by atoms with Crippen LogP contribution in [0.1, 0.15) is 10.4 Å². The number of rotatable bonds is 2. The third kappa shape index (κ3) is 1.81. The maximum Gasteiger partial charge on any atom is 0.250 e. The van der Waals surface area contributed by atoms with Crippen LogP contribution in [0, 0.1) is 0 Å². The first-order valence-corrected chi connectivity index (χ1v) is 5.71. The van der Waals surface area contributed by atoms with Crippen LogP contribution in [-0.2, 0) is 0 Å². The fourth-order valence-electron chi connectivity index (χ4n) is 1.93. The fourth-order valence-corrected chi connectivity index (χ4v) is 1.93. The number of nitrogens with two attached hydrogens (primary N) is 2. The molecule has 0 atom stereocenters. The van der Waals surface area contributed by atoms with Gasteiger partial charge in [-0.2, -0.15) is 0 Å². The zero-order chi connectivity index (χ0) is 13.4. The van der Waals surface area contributed by atoms with E-state index in [1.807, 2.05) is 30.3 Å². The lowest BCUT2D eigenvalue weighted by Crippen LogP contribution is -2.13. The lowest BCUT2D eigenvalue weighted by Gasteiger charge is -1.99. The van der Waals surface area contributed by atoms with E-state index < -0.39 is 5.91 Å². The number of nitrogens with zero attached hydrogens (tertiary/aromatic N) is 1. The van der Waals surface area contributed by atoms with E-state index in [2.05, 4.69) is 4.98 Å². The van der Waals surface area contributed by atoms with Crippen molar-refractivity contribution in [1.29, 1.82) is 0 Å². The maximum atomic E-state index is 11.2. The minimum atomic E-state index is -0.580.